The van der Waals surface area contributed by atoms with Crippen molar-refractivity contribution in [1.82, 2.24) is 0 Å². The molecule has 11 heavy (non-hydrogen) atoms. The first-order valence-corrected chi connectivity index (χ1v) is 3.05. The molecule has 0 fully saturated rings. The number of hydrogen-bond acceptors (Lipinski definition) is 0. The van der Waals surface area contributed by atoms with Crippen LogP contribution in [0, 0.1) is 0 Å². The maximum atomic E-state index is 12.5. The third-order valence-electron chi connectivity index (χ3n) is 1.52. The minimum Gasteiger partial charge on any atom is -0.239 e. The number of hydrogen-bond donors (Lipinski definition) is 0. The molecule has 0 spiro atoms. The van der Waals surface area contributed by atoms with Gasteiger partial charge in [-0.3, -0.25) is 0 Å². The fraction of sp³-hybridized carbons (Fsp3) is 0.429. The van der Waals surface area contributed by atoms with Gasteiger partial charge in [0.25, 0.3) is 0 Å². The number of alkyl halides is 2. The monoisotopic (exact) mass is 166 g/mol. The van der Waals surface area contributed by atoms with E-state index in [0.29, 0.717) is 6.08 Å². The lowest BCUT2D eigenvalue weighted by atomic mass is 10.0. The highest BCUT2D eigenvalue weighted by Crippen LogP contribution is 2.30. The average molecular weight is 166 g/mol. The van der Waals surface area contributed by atoms with Crippen molar-refractivity contribution in [1.29, 1.82) is 0 Å². The van der Waals surface area contributed by atoms with Gasteiger partial charge in [-0.25, -0.2) is 17.6 Å². The summed E-state index contributed by atoms with van der Waals surface area (Å²) in [6.07, 6.45) is -3.86. The molecule has 62 valence electrons. The van der Waals surface area contributed by atoms with Gasteiger partial charge >= 0.3 is 0 Å². The van der Waals surface area contributed by atoms with Gasteiger partial charge in [-0.1, -0.05) is 0 Å². The minimum absolute atomic E-state index is 0.128. The van der Waals surface area contributed by atoms with Crippen molar-refractivity contribution in [2.45, 2.75) is 19.3 Å². The van der Waals surface area contributed by atoms with Crippen molar-refractivity contribution in [3.05, 3.63) is 23.3 Å². The van der Waals surface area contributed by atoms with E-state index >= 15 is 0 Å². The molecule has 0 aliphatic heterocycles. The summed E-state index contributed by atoms with van der Waals surface area (Å²) in [5, 5.41) is 0. The van der Waals surface area contributed by atoms with E-state index < -0.39 is 24.0 Å². The normalized spacial score (nSPS) is 32.3. The van der Waals surface area contributed by atoms with Gasteiger partial charge in [0.1, 0.15) is 0 Å². The van der Waals surface area contributed by atoms with E-state index in [9.17, 15) is 17.6 Å². The molecule has 2 atom stereocenters. The summed E-state index contributed by atoms with van der Waals surface area (Å²) < 4.78 is 49.4. The van der Waals surface area contributed by atoms with E-state index in [4.69, 9.17) is 0 Å². The Balaban J connectivity index is 3.01. The van der Waals surface area contributed by atoms with Crippen molar-refractivity contribution in [2.24, 2.45) is 0 Å². The van der Waals surface area contributed by atoms with Crippen LogP contribution in [0.5, 0.6) is 0 Å². The molecule has 0 saturated carbocycles. The van der Waals surface area contributed by atoms with Crippen LogP contribution in [-0.2, 0) is 0 Å². The molecular weight excluding hydrogens is 160 g/mol. The summed E-state index contributed by atoms with van der Waals surface area (Å²) in [7, 11) is 0. The van der Waals surface area contributed by atoms with Gasteiger partial charge in [0.2, 0.25) is 0 Å². The Hall–Kier alpha value is -0.800. The van der Waals surface area contributed by atoms with Gasteiger partial charge in [0.05, 0.1) is 0 Å². The lowest BCUT2D eigenvalue weighted by Crippen LogP contribution is -2.22. The van der Waals surface area contributed by atoms with Crippen LogP contribution >= 0.6 is 0 Å². The second-order valence-electron chi connectivity index (χ2n) is 2.39. The van der Waals surface area contributed by atoms with E-state index in [1.54, 1.807) is 0 Å². The van der Waals surface area contributed by atoms with Gasteiger partial charge in [-0.2, -0.15) is 0 Å². The summed E-state index contributed by atoms with van der Waals surface area (Å²) in [6.45, 7) is 1.21. The number of rotatable bonds is 0. The highest BCUT2D eigenvalue weighted by Gasteiger charge is 2.32. The maximum absolute atomic E-state index is 12.5. The van der Waals surface area contributed by atoms with E-state index in [0.717, 1.165) is 0 Å². The van der Waals surface area contributed by atoms with Gasteiger partial charge < -0.3 is 0 Å². The Morgan fingerprint density at radius 3 is 2.27 bits per heavy atom. The highest BCUT2D eigenvalue weighted by atomic mass is 19.2. The summed E-state index contributed by atoms with van der Waals surface area (Å²) in [4.78, 5) is 0. The Labute approximate surface area is 61.2 Å². The van der Waals surface area contributed by atoms with Crippen LogP contribution < -0.4 is 0 Å². The number of halogens is 4. The summed E-state index contributed by atoms with van der Waals surface area (Å²) in [5.41, 5.74) is -0.128. The zero-order valence-electron chi connectivity index (χ0n) is 5.74. The predicted octanol–water partition coefficient (Wildman–Crippen LogP) is 2.77. The third-order valence-corrected chi connectivity index (χ3v) is 1.52. The molecule has 0 N–H and O–H groups in total. The van der Waals surface area contributed by atoms with Gasteiger partial charge in [-0.15, -0.1) is 0 Å². The average Bonchev–Trinajstić information content (AvgIpc) is 1.97. The third kappa shape index (κ3) is 1.29. The van der Waals surface area contributed by atoms with Crippen LogP contribution in [0.15, 0.2) is 23.3 Å². The molecule has 0 bridgehead atoms. The predicted molar refractivity (Wildman–Crippen MR) is 32.8 cm³/mol. The van der Waals surface area contributed by atoms with Crippen molar-refractivity contribution in [2.75, 3.05) is 0 Å². The lowest BCUT2D eigenvalue weighted by molar-refractivity contribution is 0.190. The summed E-state index contributed by atoms with van der Waals surface area (Å²) in [5.74, 6) is -2.97. The molecule has 0 saturated heterocycles. The quantitative estimate of drug-likeness (QED) is 0.485. The standard InChI is InChI=1S/C7H6F4/c1-3-2-4(8)6(10)7(11)5(3)9/h2,5,7H,1H3. The fourth-order valence-corrected chi connectivity index (χ4v) is 0.839. The van der Waals surface area contributed by atoms with Crippen LogP contribution in [0.25, 0.3) is 0 Å². The van der Waals surface area contributed by atoms with Gasteiger partial charge in [0.15, 0.2) is 24.0 Å². The summed E-state index contributed by atoms with van der Waals surface area (Å²) in [6, 6.07) is 0. The van der Waals surface area contributed by atoms with Gasteiger partial charge in [0, 0.05) is 0 Å². The molecule has 2 unspecified atom stereocenters. The lowest BCUT2D eigenvalue weighted by Gasteiger charge is -2.16. The Kier molecular flexibility index (Phi) is 2.02. The number of allylic oxidation sites excluding steroid dienone is 4. The van der Waals surface area contributed by atoms with Crippen molar-refractivity contribution < 1.29 is 17.6 Å². The molecule has 0 aromatic rings. The smallest absolute Gasteiger partial charge is 0.189 e. The molecule has 0 heterocycles. The fourth-order valence-electron chi connectivity index (χ4n) is 0.839. The molecule has 1 aliphatic carbocycles. The maximum Gasteiger partial charge on any atom is 0.189 e. The van der Waals surface area contributed by atoms with Crippen LogP contribution in [0.2, 0.25) is 0 Å². The second kappa shape index (κ2) is 2.68. The zero-order chi connectivity index (χ0) is 8.59. The first-order chi connectivity index (χ1) is 5.04. The molecule has 4 heteroatoms. The molecule has 0 aromatic heterocycles. The molecule has 0 nitrogen and oxygen atoms in total. The van der Waals surface area contributed by atoms with E-state index in [1.807, 2.05) is 0 Å². The largest absolute Gasteiger partial charge is 0.239 e. The Bertz CT molecular complexity index is 229. The summed E-state index contributed by atoms with van der Waals surface area (Å²) >= 11 is 0. The van der Waals surface area contributed by atoms with Crippen LogP contribution in [0.1, 0.15) is 6.92 Å². The molecular formula is C7H6F4. The topological polar surface area (TPSA) is 0 Å². The van der Waals surface area contributed by atoms with Crippen molar-refractivity contribution >= 4 is 0 Å². The molecule has 1 aliphatic rings. The van der Waals surface area contributed by atoms with Crippen LogP contribution in [0.3, 0.4) is 0 Å². The van der Waals surface area contributed by atoms with Crippen LogP contribution in [0.4, 0.5) is 17.6 Å². The van der Waals surface area contributed by atoms with Crippen molar-refractivity contribution in [3.8, 4) is 0 Å². The zero-order valence-corrected chi connectivity index (χ0v) is 5.74. The SMILES string of the molecule is CC1=CC(F)=C(F)C(F)C1F. The van der Waals surface area contributed by atoms with E-state index in [1.165, 1.54) is 6.92 Å². The molecule has 0 aromatic carbocycles. The molecule has 0 radical (unpaired) electrons. The minimum atomic E-state index is -2.47. The molecule has 1 rings (SSSR count). The second-order valence-corrected chi connectivity index (χ2v) is 2.39. The first-order valence-electron chi connectivity index (χ1n) is 3.05. The van der Waals surface area contributed by atoms with Crippen molar-refractivity contribution in [3.63, 3.8) is 0 Å². The molecule has 0 amide bonds. The Morgan fingerprint density at radius 1 is 1.18 bits per heavy atom. The highest BCUT2D eigenvalue weighted by molar-refractivity contribution is 5.31. The van der Waals surface area contributed by atoms with Gasteiger partial charge in [-0.05, 0) is 18.6 Å². The van der Waals surface area contributed by atoms with Crippen LogP contribution in [-0.4, -0.2) is 12.3 Å². The van der Waals surface area contributed by atoms with E-state index in [-0.39, 0.29) is 5.57 Å². The Morgan fingerprint density at radius 2 is 1.73 bits per heavy atom. The first kappa shape index (κ1) is 8.30. The van der Waals surface area contributed by atoms with E-state index in [2.05, 4.69) is 0 Å².